The van der Waals surface area contributed by atoms with Crippen molar-refractivity contribution in [2.45, 2.75) is 20.0 Å². The van der Waals surface area contributed by atoms with Crippen molar-refractivity contribution >= 4 is 11.6 Å². The number of rotatable bonds is 6. The Bertz CT molecular complexity index is 843. The van der Waals surface area contributed by atoms with Crippen LogP contribution in [0, 0.1) is 0 Å². The molecule has 0 fully saturated rings. The van der Waals surface area contributed by atoms with Crippen molar-refractivity contribution in [3.8, 4) is 5.75 Å². The minimum Gasteiger partial charge on any atom is -0.488 e. The first-order valence-corrected chi connectivity index (χ1v) is 8.43. The Balaban J connectivity index is 1.76. The van der Waals surface area contributed by atoms with Gasteiger partial charge < -0.3 is 10.1 Å². The van der Waals surface area contributed by atoms with E-state index in [1.54, 1.807) is 6.07 Å². The van der Waals surface area contributed by atoms with Crippen LogP contribution in [-0.2, 0) is 13.0 Å². The third-order valence-electron chi connectivity index (χ3n) is 4.02. The van der Waals surface area contributed by atoms with Gasteiger partial charge in [0.05, 0.1) is 5.56 Å². The van der Waals surface area contributed by atoms with Crippen LogP contribution >= 0.6 is 0 Å². The molecule has 25 heavy (non-hydrogen) atoms. The normalized spacial score (nSPS) is 10.3. The summed E-state index contributed by atoms with van der Waals surface area (Å²) < 4.78 is 5.88. The number of hydrogen-bond donors (Lipinski definition) is 1. The van der Waals surface area contributed by atoms with E-state index in [-0.39, 0.29) is 5.91 Å². The van der Waals surface area contributed by atoms with Crippen LogP contribution in [0.15, 0.2) is 78.9 Å². The molecule has 0 aliphatic rings. The second-order valence-electron chi connectivity index (χ2n) is 5.74. The second-order valence-corrected chi connectivity index (χ2v) is 5.74. The molecule has 0 aromatic heterocycles. The minimum absolute atomic E-state index is 0.162. The zero-order chi connectivity index (χ0) is 17.5. The van der Waals surface area contributed by atoms with E-state index >= 15 is 0 Å². The van der Waals surface area contributed by atoms with E-state index in [4.69, 9.17) is 4.74 Å². The lowest BCUT2D eigenvalue weighted by atomic mass is 10.1. The van der Waals surface area contributed by atoms with Gasteiger partial charge in [-0.15, -0.1) is 0 Å². The van der Waals surface area contributed by atoms with Crippen LogP contribution in [0.2, 0.25) is 0 Å². The summed E-state index contributed by atoms with van der Waals surface area (Å²) in [5, 5.41) is 3.00. The van der Waals surface area contributed by atoms with Crippen molar-refractivity contribution in [1.29, 1.82) is 0 Å². The molecule has 3 nitrogen and oxygen atoms in total. The molecule has 126 valence electrons. The first-order valence-electron chi connectivity index (χ1n) is 8.43. The number of anilines is 1. The summed E-state index contributed by atoms with van der Waals surface area (Å²) in [7, 11) is 0. The SMILES string of the molecule is CCc1ccccc1NC(=O)c1ccccc1OCc1ccccc1. The quantitative estimate of drug-likeness (QED) is 0.684. The highest BCUT2D eigenvalue weighted by atomic mass is 16.5. The van der Waals surface area contributed by atoms with Crippen LogP contribution in [0.3, 0.4) is 0 Å². The smallest absolute Gasteiger partial charge is 0.259 e. The van der Waals surface area contributed by atoms with E-state index in [0.29, 0.717) is 17.9 Å². The number of carbonyl (C=O) groups excluding carboxylic acids is 1. The lowest BCUT2D eigenvalue weighted by Crippen LogP contribution is -2.14. The van der Waals surface area contributed by atoms with E-state index in [9.17, 15) is 4.79 Å². The summed E-state index contributed by atoms with van der Waals surface area (Å²) in [6, 6.07) is 25.1. The molecule has 0 aliphatic carbocycles. The minimum atomic E-state index is -0.162. The summed E-state index contributed by atoms with van der Waals surface area (Å²) >= 11 is 0. The van der Waals surface area contributed by atoms with Crippen LogP contribution in [0.1, 0.15) is 28.4 Å². The van der Waals surface area contributed by atoms with E-state index in [2.05, 4.69) is 12.2 Å². The van der Waals surface area contributed by atoms with Crippen LogP contribution in [-0.4, -0.2) is 5.91 Å². The lowest BCUT2D eigenvalue weighted by Gasteiger charge is -2.13. The Morgan fingerprint density at radius 3 is 2.36 bits per heavy atom. The largest absolute Gasteiger partial charge is 0.488 e. The van der Waals surface area contributed by atoms with Crippen molar-refractivity contribution in [3.05, 3.63) is 95.6 Å². The fourth-order valence-electron chi connectivity index (χ4n) is 2.66. The number of amides is 1. The van der Waals surface area contributed by atoms with Crippen LogP contribution in [0.4, 0.5) is 5.69 Å². The van der Waals surface area contributed by atoms with Gasteiger partial charge in [-0.1, -0.05) is 67.6 Å². The van der Waals surface area contributed by atoms with Crippen molar-refractivity contribution < 1.29 is 9.53 Å². The molecular weight excluding hydrogens is 310 g/mol. The molecule has 0 radical (unpaired) electrons. The monoisotopic (exact) mass is 331 g/mol. The molecule has 0 atom stereocenters. The number of aryl methyl sites for hydroxylation is 1. The van der Waals surface area contributed by atoms with Gasteiger partial charge >= 0.3 is 0 Å². The third-order valence-corrected chi connectivity index (χ3v) is 4.02. The van der Waals surface area contributed by atoms with E-state index < -0.39 is 0 Å². The summed E-state index contributed by atoms with van der Waals surface area (Å²) in [5.74, 6) is 0.419. The molecule has 0 bridgehead atoms. The van der Waals surface area contributed by atoms with Gasteiger partial charge in [0, 0.05) is 5.69 Å². The molecule has 3 heteroatoms. The van der Waals surface area contributed by atoms with E-state index in [1.165, 1.54) is 0 Å². The van der Waals surface area contributed by atoms with Crippen LogP contribution in [0.25, 0.3) is 0 Å². The molecule has 0 unspecified atom stereocenters. The molecule has 1 N–H and O–H groups in total. The van der Waals surface area contributed by atoms with Crippen molar-refractivity contribution in [1.82, 2.24) is 0 Å². The first kappa shape index (κ1) is 16.8. The van der Waals surface area contributed by atoms with Gasteiger partial charge in [-0.3, -0.25) is 4.79 Å². The highest BCUT2D eigenvalue weighted by Crippen LogP contribution is 2.22. The summed E-state index contributed by atoms with van der Waals surface area (Å²) in [5.41, 5.74) is 3.55. The third kappa shape index (κ3) is 4.27. The fraction of sp³-hybridized carbons (Fsp3) is 0.136. The zero-order valence-electron chi connectivity index (χ0n) is 14.2. The highest BCUT2D eigenvalue weighted by molar-refractivity contribution is 6.06. The van der Waals surface area contributed by atoms with Gasteiger partial charge in [-0.05, 0) is 35.7 Å². The average Bonchev–Trinajstić information content (AvgIpc) is 2.68. The van der Waals surface area contributed by atoms with E-state index in [1.807, 2.05) is 72.8 Å². The molecule has 1 amide bonds. The zero-order valence-corrected chi connectivity index (χ0v) is 14.2. The first-order chi connectivity index (χ1) is 12.3. The van der Waals surface area contributed by atoms with E-state index in [0.717, 1.165) is 23.2 Å². The number of nitrogens with one attached hydrogen (secondary N) is 1. The molecule has 0 spiro atoms. The predicted molar refractivity (Wildman–Crippen MR) is 101 cm³/mol. The van der Waals surface area contributed by atoms with Gasteiger partial charge in [-0.2, -0.15) is 0 Å². The maximum absolute atomic E-state index is 12.7. The topological polar surface area (TPSA) is 38.3 Å². The van der Waals surface area contributed by atoms with Crippen LogP contribution < -0.4 is 10.1 Å². The Morgan fingerprint density at radius 2 is 1.56 bits per heavy atom. The highest BCUT2D eigenvalue weighted by Gasteiger charge is 2.13. The summed E-state index contributed by atoms with van der Waals surface area (Å²) in [6.45, 7) is 2.50. The van der Waals surface area contributed by atoms with Gasteiger partial charge in [0.2, 0.25) is 0 Å². The van der Waals surface area contributed by atoms with Crippen LogP contribution in [0.5, 0.6) is 5.75 Å². The molecule has 0 saturated carbocycles. The Labute approximate surface area is 148 Å². The Kier molecular flexibility index (Phi) is 5.47. The molecular formula is C22H21NO2. The molecule has 0 saturated heterocycles. The number of hydrogen-bond acceptors (Lipinski definition) is 2. The van der Waals surface area contributed by atoms with Gasteiger partial charge in [0.25, 0.3) is 5.91 Å². The Hall–Kier alpha value is -3.07. The average molecular weight is 331 g/mol. The number of carbonyl (C=O) groups is 1. The van der Waals surface area contributed by atoms with Gasteiger partial charge in [0.15, 0.2) is 0 Å². The van der Waals surface area contributed by atoms with Crippen molar-refractivity contribution in [2.24, 2.45) is 0 Å². The maximum Gasteiger partial charge on any atom is 0.259 e. The summed E-state index contributed by atoms with van der Waals surface area (Å²) in [6.07, 6.45) is 0.864. The molecule has 3 aromatic carbocycles. The predicted octanol–water partition coefficient (Wildman–Crippen LogP) is 5.08. The van der Waals surface area contributed by atoms with Crippen molar-refractivity contribution in [2.75, 3.05) is 5.32 Å². The molecule has 0 aliphatic heterocycles. The molecule has 0 heterocycles. The fourth-order valence-corrected chi connectivity index (χ4v) is 2.66. The van der Waals surface area contributed by atoms with Crippen molar-refractivity contribution in [3.63, 3.8) is 0 Å². The lowest BCUT2D eigenvalue weighted by molar-refractivity contribution is 0.102. The number of benzene rings is 3. The van der Waals surface area contributed by atoms with Gasteiger partial charge in [-0.25, -0.2) is 0 Å². The second kappa shape index (κ2) is 8.15. The summed E-state index contributed by atoms with van der Waals surface area (Å²) in [4.78, 5) is 12.7. The van der Waals surface area contributed by atoms with Gasteiger partial charge in [0.1, 0.15) is 12.4 Å². The standard InChI is InChI=1S/C22H21NO2/c1-2-18-12-6-8-14-20(18)23-22(24)19-13-7-9-15-21(19)25-16-17-10-4-3-5-11-17/h3-15H,2,16H2,1H3,(H,23,24). The molecule has 3 rings (SSSR count). The maximum atomic E-state index is 12.7. The number of para-hydroxylation sites is 2. The number of ether oxygens (including phenoxy) is 1. The Morgan fingerprint density at radius 1 is 0.880 bits per heavy atom. The molecule has 3 aromatic rings.